The van der Waals surface area contributed by atoms with Crippen LogP contribution in [0.5, 0.6) is 0 Å². The summed E-state index contributed by atoms with van der Waals surface area (Å²) in [7, 11) is 0. The van der Waals surface area contributed by atoms with Crippen LogP contribution in [0.2, 0.25) is 0 Å². The number of aliphatic carboxylic acids is 1. The van der Waals surface area contributed by atoms with Gasteiger partial charge in [0.25, 0.3) is 0 Å². The van der Waals surface area contributed by atoms with Gasteiger partial charge in [0.15, 0.2) is 0 Å². The third-order valence-corrected chi connectivity index (χ3v) is 5.61. The highest BCUT2D eigenvalue weighted by atomic mass is 16.5. The number of fused-ring (bicyclic) bond motifs is 3. The zero-order valence-corrected chi connectivity index (χ0v) is 11.9. The van der Waals surface area contributed by atoms with Gasteiger partial charge in [-0.2, -0.15) is 0 Å². The largest absolute Gasteiger partial charge is 0.481 e. The zero-order chi connectivity index (χ0) is 14.5. The number of ether oxygens (including phenoxy) is 1. The summed E-state index contributed by atoms with van der Waals surface area (Å²) in [6.45, 7) is 4.31. The molecule has 0 aromatic heterocycles. The first-order valence-electron chi connectivity index (χ1n) is 7.20. The van der Waals surface area contributed by atoms with Crippen LogP contribution >= 0.6 is 0 Å². The Hall–Kier alpha value is -1.58. The van der Waals surface area contributed by atoms with E-state index in [9.17, 15) is 14.7 Å². The molecule has 1 aliphatic heterocycles. The Bertz CT molecular complexity index is 545. The second-order valence-electron chi connectivity index (χ2n) is 6.68. The fourth-order valence-corrected chi connectivity index (χ4v) is 4.41. The van der Waals surface area contributed by atoms with Gasteiger partial charge in [0, 0.05) is 6.08 Å². The van der Waals surface area contributed by atoms with Gasteiger partial charge in [0.2, 0.25) is 0 Å². The van der Waals surface area contributed by atoms with Crippen molar-refractivity contribution in [3.8, 4) is 0 Å². The molecule has 3 unspecified atom stereocenters. The van der Waals surface area contributed by atoms with Crippen molar-refractivity contribution < 1.29 is 19.4 Å². The molecular formula is C16H20O4. The SMILES string of the molecule is CC1(C(=O)O)CCCC2(C)C3=CC(=O)OCC3=CCC12. The topological polar surface area (TPSA) is 63.6 Å². The van der Waals surface area contributed by atoms with Crippen LogP contribution in [-0.2, 0) is 14.3 Å². The first kappa shape index (κ1) is 13.4. The number of hydrogen-bond donors (Lipinski definition) is 1. The summed E-state index contributed by atoms with van der Waals surface area (Å²) in [4.78, 5) is 23.4. The molecule has 1 N–H and O–H groups in total. The lowest BCUT2D eigenvalue weighted by atomic mass is 9.50. The second-order valence-corrected chi connectivity index (χ2v) is 6.68. The fraction of sp³-hybridized carbons (Fsp3) is 0.625. The highest BCUT2D eigenvalue weighted by molar-refractivity contribution is 5.86. The molecule has 108 valence electrons. The Morgan fingerprint density at radius 1 is 1.40 bits per heavy atom. The fourth-order valence-electron chi connectivity index (χ4n) is 4.41. The van der Waals surface area contributed by atoms with Gasteiger partial charge in [0.05, 0.1) is 5.41 Å². The van der Waals surface area contributed by atoms with Gasteiger partial charge in [-0.3, -0.25) is 4.79 Å². The van der Waals surface area contributed by atoms with Gasteiger partial charge in [-0.1, -0.05) is 19.4 Å². The molecule has 0 aromatic carbocycles. The summed E-state index contributed by atoms with van der Waals surface area (Å²) in [6, 6.07) is 0. The van der Waals surface area contributed by atoms with E-state index in [0.717, 1.165) is 30.4 Å². The molecule has 0 radical (unpaired) electrons. The van der Waals surface area contributed by atoms with Crippen molar-refractivity contribution in [3.05, 3.63) is 23.3 Å². The molecule has 3 aliphatic rings. The number of hydrogen-bond acceptors (Lipinski definition) is 3. The summed E-state index contributed by atoms with van der Waals surface area (Å²) in [5.41, 5.74) is 1.14. The average molecular weight is 276 g/mol. The number of esters is 1. The predicted octanol–water partition coefficient (Wildman–Crippen LogP) is 2.70. The van der Waals surface area contributed by atoms with Gasteiger partial charge in [-0.25, -0.2) is 4.79 Å². The number of carboxylic acid groups (broad SMARTS) is 1. The van der Waals surface area contributed by atoms with Gasteiger partial charge in [-0.15, -0.1) is 0 Å². The summed E-state index contributed by atoms with van der Waals surface area (Å²) < 4.78 is 5.07. The average Bonchev–Trinajstić information content (AvgIpc) is 2.39. The summed E-state index contributed by atoms with van der Waals surface area (Å²) in [5.74, 6) is -0.979. The van der Waals surface area contributed by atoms with E-state index in [0.29, 0.717) is 13.0 Å². The van der Waals surface area contributed by atoms with Crippen molar-refractivity contribution in [2.45, 2.75) is 39.5 Å². The van der Waals surface area contributed by atoms with Crippen LogP contribution in [0, 0.1) is 16.7 Å². The van der Waals surface area contributed by atoms with E-state index in [-0.39, 0.29) is 17.3 Å². The van der Waals surface area contributed by atoms with E-state index >= 15 is 0 Å². The van der Waals surface area contributed by atoms with E-state index < -0.39 is 11.4 Å². The van der Waals surface area contributed by atoms with E-state index in [1.54, 1.807) is 6.08 Å². The van der Waals surface area contributed by atoms with Crippen LogP contribution in [0.1, 0.15) is 39.5 Å². The van der Waals surface area contributed by atoms with Crippen LogP contribution in [0.3, 0.4) is 0 Å². The minimum Gasteiger partial charge on any atom is -0.481 e. The normalized spacial score (nSPS) is 39.9. The predicted molar refractivity (Wildman–Crippen MR) is 72.9 cm³/mol. The summed E-state index contributed by atoms with van der Waals surface area (Å²) in [5, 5.41) is 9.67. The minimum absolute atomic E-state index is 0.0437. The Morgan fingerprint density at radius 3 is 2.85 bits per heavy atom. The molecule has 3 atom stereocenters. The lowest BCUT2D eigenvalue weighted by molar-refractivity contribution is -0.158. The third kappa shape index (κ3) is 1.67. The molecule has 0 saturated heterocycles. The molecule has 3 rings (SSSR count). The van der Waals surface area contributed by atoms with E-state index in [1.165, 1.54) is 0 Å². The van der Waals surface area contributed by atoms with E-state index in [4.69, 9.17) is 4.74 Å². The number of cyclic esters (lactones) is 1. The third-order valence-electron chi connectivity index (χ3n) is 5.61. The molecule has 4 heteroatoms. The molecule has 0 spiro atoms. The van der Waals surface area contributed by atoms with Crippen molar-refractivity contribution in [1.82, 2.24) is 0 Å². The number of rotatable bonds is 1. The molecule has 20 heavy (non-hydrogen) atoms. The lowest BCUT2D eigenvalue weighted by Gasteiger charge is -2.54. The number of allylic oxidation sites excluding steroid dienone is 1. The zero-order valence-electron chi connectivity index (χ0n) is 11.9. The Kier molecular flexibility index (Phi) is 2.82. The molecule has 0 amide bonds. The van der Waals surface area contributed by atoms with Crippen LogP contribution in [0.25, 0.3) is 0 Å². The van der Waals surface area contributed by atoms with Crippen molar-refractivity contribution in [2.75, 3.05) is 6.61 Å². The summed E-state index contributed by atoms with van der Waals surface area (Å²) in [6.07, 6.45) is 6.94. The molecule has 1 saturated carbocycles. The van der Waals surface area contributed by atoms with Gasteiger partial charge in [0.1, 0.15) is 6.61 Å². The molecule has 4 nitrogen and oxygen atoms in total. The van der Waals surface area contributed by atoms with Crippen LogP contribution in [-0.4, -0.2) is 23.7 Å². The highest BCUT2D eigenvalue weighted by Crippen LogP contribution is 2.60. The minimum atomic E-state index is -0.718. The maximum Gasteiger partial charge on any atom is 0.331 e. The van der Waals surface area contributed by atoms with Crippen molar-refractivity contribution >= 4 is 11.9 Å². The van der Waals surface area contributed by atoms with Gasteiger partial charge in [-0.05, 0) is 48.7 Å². The quantitative estimate of drug-likeness (QED) is 0.748. The number of carboxylic acids is 1. The van der Waals surface area contributed by atoms with Crippen molar-refractivity contribution in [2.24, 2.45) is 16.7 Å². The maximum absolute atomic E-state index is 11.8. The van der Waals surface area contributed by atoms with Crippen LogP contribution < -0.4 is 0 Å². The molecular weight excluding hydrogens is 256 g/mol. The van der Waals surface area contributed by atoms with Crippen molar-refractivity contribution in [1.29, 1.82) is 0 Å². The first-order valence-corrected chi connectivity index (χ1v) is 7.20. The van der Waals surface area contributed by atoms with E-state index in [2.05, 4.69) is 13.0 Å². The lowest BCUT2D eigenvalue weighted by Crippen LogP contribution is -2.50. The Morgan fingerprint density at radius 2 is 2.15 bits per heavy atom. The van der Waals surface area contributed by atoms with Crippen LogP contribution in [0.4, 0.5) is 0 Å². The van der Waals surface area contributed by atoms with Crippen LogP contribution in [0.15, 0.2) is 23.3 Å². The molecule has 2 aliphatic carbocycles. The standard InChI is InChI=1S/C16H20O4/c1-15-6-3-7-16(2,14(18)19)12(15)5-4-10-9-20-13(17)8-11(10)15/h4,8,12H,3,5-7,9H2,1-2H3,(H,18,19). The Balaban J connectivity index is 2.11. The molecule has 0 aromatic rings. The smallest absolute Gasteiger partial charge is 0.331 e. The second kappa shape index (κ2) is 4.21. The molecule has 0 bridgehead atoms. The van der Waals surface area contributed by atoms with Gasteiger partial charge >= 0.3 is 11.9 Å². The highest BCUT2D eigenvalue weighted by Gasteiger charge is 2.56. The monoisotopic (exact) mass is 276 g/mol. The molecule has 1 fully saturated rings. The van der Waals surface area contributed by atoms with Gasteiger partial charge < -0.3 is 9.84 Å². The molecule has 1 heterocycles. The summed E-state index contributed by atoms with van der Waals surface area (Å²) >= 11 is 0. The van der Waals surface area contributed by atoms with E-state index in [1.807, 2.05) is 6.92 Å². The maximum atomic E-state index is 11.8. The first-order chi connectivity index (χ1) is 9.38. The van der Waals surface area contributed by atoms with Crippen molar-refractivity contribution in [3.63, 3.8) is 0 Å². The Labute approximate surface area is 118 Å². The number of carbonyl (C=O) groups is 2. The number of carbonyl (C=O) groups excluding carboxylic acids is 1.